The molecule has 0 saturated heterocycles. The molecule has 3 heteroatoms. The van der Waals surface area contributed by atoms with Crippen LogP contribution < -0.4 is 0 Å². The van der Waals surface area contributed by atoms with Gasteiger partial charge in [0.15, 0.2) is 0 Å². The second-order valence-electron chi connectivity index (χ2n) is 3.73. The Morgan fingerprint density at radius 3 is 2.69 bits per heavy atom. The topological polar surface area (TPSA) is 49.7 Å². The highest BCUT2D eigenvalue weighted by molar-refractivity contribution is 5.79. The number of benzene rings is 1. The van der Waals surface area contributed by atoms with E-state index in [4.69, 9.17) is 5.11 Å². The van der Waals surface area contributed by atoms with Gasteiger partial charge in [0.1, 0.15) is 0 Å². The van der Waals surface area contributed by atoms with E-state index in [1.165, 1.54) is 0 Å². The lowest BCUT2D eigenvalue weighted by atomic mass is 10.0. The van der Waals surface area contributed by atoms with Crippen molar-refractivity contribution in [1.82, 2.24) is 0 Å². The first-order valence-corrected chi connectivity index (χ1v) is 5.51. The van der Waals surface area contributed by atoms with Crippen molar-refractivity contribution in [3.63, 3.8) is 0 Å². The summed E-state index contributed by atoms with van der Waals surface area (Å²) in [6.45, 7) is 2.34. The zero-order valence-electron chi connectivity index (χ0n) is 9.47. The summed E-state index contributed by atoms with van der Waals surface area (Å²) in [4.78, 5) is 15.0. The first-order chi connectivity index (χ1) is 7.74. The van der Waals surface area contributed by atoms with Gasteiger partial charge in [-0.15, -0.1) is 0 Å². The van der Waals surface area contributed by atoms with E-state index in [0.717, 1.165) is 12.0 Å². The summed E-state index contributed by atoms with van der Waals surface area (Å²) in [6.07, 6.45) is 3.28. The monoisotopic (exact) mass is 219 g/mol. The Kier molecular flexibility index (Phi) is 5.26. The molecule has 1 aromatic rings. The molecule has 0 aliphatic carbocycles. The van der Waals surface area contributed by atoms with Crippen molar-refractivity contribution in [3.05, 3.63) is 35.9 Å². The van der Waals surface area contributed by atoms with Crippen LogP contribution in [0.2, 0.25) is 0 Å². The van der Waals surface area contributed by atoms with Gasteiger partial charge in [0.2, 0.25) is 0 Å². The highest BCUT2D eigenvalue weighted by Crippen LogP contribution is 2.07. The van der Waals surface area contributed by atoms with Crippen LogP contribution in [0.1, 0.15) is 25.3 Å². The maximum Gasteiger partial charge on any atom is 0.308 e. The molecule has 1 N–H and O–H groups in total. The van der Waals surface area contributed by atoms with Gasteiger partial charge in [0.05, 0.1) is 12.5 Å². The second-order valence-corrected chi connectivity index (χ2v) is 3.73. The molecule has 1 rings (SSSR count). The number of carbonyl (C=O) groups is 1. The smallest absolute Gasteiger partial charge is 0.308 e. The lowest BCUT2D eigenvalue weighted by Crippen LogP contribution is -2.16. The van der Waals surface area contributed by atoms with Crippen LogP contribution in [-0.2, 0) is 4.79 Å². The fraction of sp³-hybridized carbons (Fsp3) is 0.385. The molecule has 0 aliphatic heterocycles. The van der Waals surface area contributed by atoms with Gasteiger partial charge < -0.3 is 5.11 Å². The lowest BCUT2D eigenvalue weighted by Gasteiger charge is -2.06. The maximum atomic E-state index is 10.9. The van der Waals surface area contributed by atoms with Crippen molar-refractivity contribution in [2.24, 2.45) is 10.9 Å². The van der Waals surface area contributed by atoms with Crippen LogP contribution in [0.4, 0.5) is 0 Å². The minimum absolute atomic E-state index is 0.357. The predicted molar refractivity (Wildman–Crippen MR) is 64.9 cm³/mol. The Hall–Kier alpha value is -1.64. The first-order valence-electron chi connectivity index (χ1n) is 5.51. The van der Waals surface area contributed by atoms with E-state index in [2.05, 4.69) is 4.99 Å². The van der Waals surface area contributed by atoms with E-state index < -0.39 is 5.97 Å². The van der Waals surface area contributed by atoms with Crippen molar-refractivity contribution >= 4 is 12.2 Å². The third-order valence-corrected chi connectivity index (χ3v) is 2.35. The van der Waals surface area contributed by atoms with Crippen molar-refractivity contribution in [1.29, 1.82) is 0 Å². The standard InChI is InChI=1S/C13H17NO2/c1-2-6-12(13(15)16)10-14-9-11-7-4-3-5-8-11/h3-5,7-9,12H,2,6,10H2,1H3,(H,15,16)/b14-9+. The van der Waals surface area contributed by atoms with E-state index in [9.17, 15) is 4.79 Å². The number of carboxylic acids is 1. The molecule has 86 valence electrons. The molecular weight excluding hydrogens is 202 g/mol. The molecule has 1 aromatic carbocycles. The summed E-state index contributed by atoms with van der Waals surface area (Å²) >= 11 is 0. The molecule has 0 saturated carbocycles. The lowest BCUT2D eigenvalue weighted by molar-refractivity contribution is -0.141. The largest absolute Gasteiger partial charge is 0.481 e. The number of carboxylic acid groups (broad SMARTS) is 1. The predicted octanol–water partition coefficient (Wildman–Crippen LogP) is 2.61. The summed E-state index contributed by atoms with van der Waals surface area (Å²) in [5.74, 6) is -1.11. The van der Waals surface area contributed by atoms with Crippen molar-refractivity contribution in [3.8, 4) is 0 Å². The molecule has 0 amide bonds. The van der Waals surface area contributed by atoms with Crippen LogP contribution in [0.25, 0.3) is 0 Å². The van der Waals surface area contributed by atoms with Gasteiger partial charge >= 0.3 is 5.97 Å². The third-order valence-electron chi connectivity index (χ3n) is 2.35. The van der Waals surface area contributed by atoms with Crippen LogP contribution in [0.5, 0.6) is 0 Å². The number of hydrogen-bond acceptors (Lipinski definition) is 2. The van der Waals surface area contributed by atoms with Gasteiger partial charge in [-0.25, -0.2) is 0 Å². The minimum Gasteiger partial charge on any atom is -0.481 e. The summed E-state index contributed by atoms with van der Waals surface area (Å²) in [5.41, 5.74) is 1.00. The van der Waals surface area contributed by atoms with Gasteiger partial charge in [0.25, 0.3) is 0 Å². The molecule has 0 radical (unpaired) electrons. The zero-order chi connectivity index (χ0) is 11.8. The SMILES string of the molecule is CCCC(C/N=C/c1ccccc1)C(=O)O. The van der Waals surface area contributed by atoms with E-state index >= 15 is 0 Å². The molecule has 0 aromatic heterocycles. The number of rotatable bonds is 6. The fourth-order valence-electron chi connectivity index (χ4n) is 1.47. The van der Waals surface area contributed by atoms with E-state index in [0.29, 0.717) is 13.0 Å². The van der Waals surface area contributed by atoms with Crippen LogP contribution in [0.3, 0.4) is 0 Å². The van der Waals surface area contributed by atoms with Crippen molar-refractivity contribution < 1.29 is 9.90 Å². The van der Waals surface area contributed by atoms with Gasteiger partial charge in [-0.2, -0.15) is 0 Å². The van der Waals surface area contributed by atoms with Crippen LogP contribution in [0.15, 0.2) is 35.3 Å². The molecule has 0 aliphatic rings. The summed E-state index contributed by atoms with van der Waals surface area (Å²) in [5, 5.41) is 8.93. The van der Waals surface area contributed by atoms with E-state index in [1.54, 1.807) is 6.21 Å². The highest BCUT2D eigenvalue weighted by atomic mass is 16.4. The molecule has 3 nitrogen and oxygen atoms in total. The van der Waals surface area contributed by atoms with Crippen molar-refractivity contribution in [2.45, 2.75) is 19.8 Å². The first kappa shape index (κ1) is 12.4. The van der Waals surface area contributed by atoms with Crippen molar-refractivity contribution in [2.75, 3.05) is 6.54 Å². The number of aliphatic imine (C=N–C) groups is 1. The summed E-state index contributed by atoms with van der Waals surface area (Å²) < 4.78 is 0. The molecule has 0 fully saturated rings. The Bertz CT molecular complexity index is 346. The second kappa shape index (κ2) is 6.77. The summed E-state index contributed by atoms with van der Waals surface area (Å²) in [6, 6.07) is 9.69. The molecule has 1 unspecified atom stereocenters. The molecule has 16 heavy (non-hydrogen) atoms. The fourth-order valence-corrected chi connectivity index (χ4v) is 1.47. The minimum atomic E-state index is -0.757. The van der Waals surface area contributed by atoms with Crippen LogP contribution in [0, 0.1) is 5.92 Å². The highest BCUT2D eigenvalue weighted by Gasteiger charge is 2.14. The third kappa shape index (κ3) is 4.26. The zero-order valence-corrected chi connectivity index (χ0v) is 9.47. The Morgan fingerprint density at radius 2 is 2.12 bits per heavy atom. The van der Waals surface area contributed by atoms with Gasteiger partial charge in [-0.3, -0.25) is 9.79 Å². The van der Waals surface area contributed by atoms with E-state index in [1.807, 2.05) is 37.3 Å². The Balaban J connectivity index is 2.49. The van der Waals surface area contributed by atoms with Crippen LogP contribution in [-0.4, -0.2) is 23.8 Å². The van der Waals surface area contributed by atoms with Crippen LogP contribution >= 0.6 is 0 Å². The maximum absolute atomic E-state index is 10.9. The van der Waals surface area contributed by atoms with Gasteiger partial charge in [-0.05, 0) is 12.0 Å². The Morgan fingerprint density at radius 1 is 1.44 bits per heavy atom. The number of hydrogen-bond donors (Lipinski definition) is 1. The average molecular weight is 219 g/mol. The van der Waals surface area contributed by atoms with Gasteiger partial charge in [0, 0.05) is 6.21 Å². The van der Waals surface area contributed by atoms with Gasteiger partial charge in [-0.1, -0.05) is 43.7 Å². The normalized spacial score (nSPS) is 12.8. The number of nitrogens with zero attached hydrogens (tertiary/aromatic N) is 1. The average Bonchev–Trinajstić information content (AvgIpc) is 2.29. The molecule has 0 heterocycles. The quantitative estimate of drug-likeness (QED) is 0.748. The molecule has 0 spiro atoms. The summed E-state index contributed by atoms with van der Waals surface area (Å²) in [7, 11) is 0. The Labute approximate surface area is 95.8 Å². The number of aliphatic carboxylic acids is 1. The molecule has 0 bridgehead atoms. The molecule has 1 atom stereocenters. The van der Waals surface area contributed by atoms with E-state index in [-0.39, 0.29) is 5.92 Å². The molecular formula is C13H17NO2.